The molecule has 148 valence electrons. The molecule has 0 spiro atoms. The molecule has 0 aliphatic carbocycles. The van der Waals surface area contributed by atoms with Crippen molar-refractivity contribution < 1.29 is 14.7 Å². The van der Waals surface area contributed by atoms with Crippen LogP contribution in [0.25, 0.3) is 16.7 Å². The number of anilines is 1. The number of hydrogen-bond acceptors (Lipinski definition) is 6. The summed E-state index contributed by atoms with van der Waals surface area (Å²) in [6, 6.07) is 9.11. The standard InChI is InChI=1S/C20H19N5O4/c1-12(26)22-13-7-8-24(10-13)20-21-9-15-17(27)16(19(28)29)11-25(18(15)23-20)14-5-3-2-4-6-14/h2-6,9,11,13H,7-8,10H2,1H3,(H,22,26)(H,28,29). The molecule has 9 nitrogen and oxygen atoms in total. The number of hydrogen-bond donors (Lipinski definition) is 2. The third-order valence-corrected chi connectivity index (χ3v) is 4.87. The fourth-order valence-electron chi connectivity index (χ4n) is 3.54. The van der Waals surface area contributed by atoms with Gasteiger partial charge in [-0.3, -0.25) is 9.59 Å². The molecule has 1 atom stereocenters. The fraction of sp³-hybridized carbons (Fsp3) is 0.250. The molecule has 1 aliphatic rings. The molecule has 1 aromatic carbocycles. The zero-order valence-electron chi connectivity index (χ0n) is 15.7. The van der Waals surface area contributed by atoms with Gasteiger partial charge in [-0.25, -0.2) is 9.78 Å². The Labute approximate surface area is 165 Å². The number of carboxylic acids is 1. The lowest BCUT2D eigenvalue weighted by atomic mass is 10.2. The van der Waals surface area contributed by atoms with E-state index >= 15 is 0 Å². The number of carboxylic acid groups (broad SMARTS) is 1. The molecule has 1 amide bonds. The maximum absolute atomic E-state index is 12.6. The van der Waals surface area contributed by atoms with Gasteiger partial charge in [0, 0.05) is 44.1 Å². The number of fused-ring (bicyclic) bond motifs is 1. The van der Waals surface area contributed by atoms with Crippen molar-refractivity contribution >= 4 is 28.9 Å². The number of rotatable bonds is 4. The predicted molar refractivity (Wildman–Crippen MR) is 107 cm³/mol. The van der Waals surface area contributed by atoms with Gasteiger partial charge >= 0.3 is 5.97 Å². The Morgan fingerprint density at radius 3 is 2.69 bits per heavy atom. The molecule has 3 heterocycles. The largest absolute Gasteiger partial charge is 0.477 e. The number of nitrogens with one attached hydrogen (secondary N) is 1. The first-order chi connectivity index (χ1) is 13.9. The second-order valence-electron chi connectivity index (χ2n) is 6.92. The van der Waals surface area contributed by atoms with Crippen LogP contribution >= 0.6 is 0 Å². The minimum Gasteiger partial charge on any atom is -0.477 e. The molecule has 2 aromatic heterocycles. The number of pyridine rings is 1. The summed E-state index contributed by atoms with van der Waals surface area (Å²) in [7, 11) is 0. The molecule has 1 fully saturated rings. The summed E-state index contributed by atoms with van der Waals surface area (Å²) in [5.41, 5.74) is 0.0507. The Morgan fingerprint density at radius 2 is 2.00 bits per heavy atom. The van der Waals surface area contributed by atoms with E-state index in [2.05, 4.69) is 15.3 Å². The second-order valence-corrected chi connectivity index (χ2v) is 6.92. The Balaban J connectivity index is 1.84. The fourth-order valence-corrected chi connectivity index (χ4v) is 3.54. The zero-order chi connectivity index (χ0) is 20.5. The van der Waals surface area contributed by atoms with Crippen LogP contribution in [0.4, 0.5) is 5.95 Å². The number of nitrogens with zero attached hydrogens (tertiary/aromatic N) is 4. The van der Waals surface area contributed by atoms with Crippen molar-refractivity contribution in [2.24, 2.45) is 0 Å². The van der Waals surface area contributed by atoms with Crippen LogP contribution in [0.5, 0.6) is 0 Å². The van der Waals surface area contributed by atoms with Crippen molar-refractivity contribution in [3.63, 3.8) is 0 Å². The number of carbonyl (C=O) groups is 2. The van der Waals surface area contributed by atoms with Crippen LogP contribution in [0.1, 0.15) is 23.7 Å². The average molecular weight is 393 g/mol. The van der Waals surface area contributed by atoms with Crippen molar-refractivity contribution in [3.8, 4) is 5.69 Å². The second kappa shape index (κ2) is 7.34. The average Bonchev–Trinajstić information content (AvgIpc) is 3.16. The Kier molecular flexibility index (Phi) is 4.71. The first-order valence-electron chi connectivity index (χ1n) is 9.17. The maximum Gasteiger partial charge on any atom is 0.341 e. The van der Waals surface area contributed by atoms with Crippen LogP contribution in [-0.2, 0) is 4.79 Å². The van der Waals surface area contributed by atoms with Gasteiger partial charge in [-0.05, 0) is 18.6 Å². The third-order valence-electron chi connectivity index (χ3n) is 4.87. The van der Waals surface area contributed by atoms with E-state index in [1.54, 1.807) is 16.7 Å². The smallest absolute Gasteiger partial charge is 0.341 e. The molecule has 0 bridgehead atoms. The van der Waals surface area contributed by atoms with Crippen LogP contribution in [0.15, 0.2) is 47.5 Å². The SMILES string of the molecule is CC(=O)NC1CCN(c2ncc3c(=O)c(C(=O)O)cn(-c4ccccc4)c3n2)C1. The molecule has 29 heavy (non-hydrogen) atoms. The lowest BCUT2D eigenvalue weighted by Gasteiger charge is -2.18. The van der Waals surface area contributed by atoms with Crippen LogP contribution in [0.2, 0.25) is 0 Å². The summed E-state index contributed by atoms with van der Waals surface area (Å²) in [4.78, 5) is 46.3. The topological polar surface area (TPSA) is 117 Å². The van der Waals surface area contributed by atoms with E-state index < -0.39 is 11.4 Å². The quantitative estimate of drug-likeness (QED) is 0.684. The maximum atomic E-state index is 12.6. The van der Waals surface area contributed by atoms with E-state index in [4.69, 9.17) is 0 Å². The van der Waals surface area contributed by atoms with Crippen LogP contribution in [0, 0.1) is 0 Å². The van der Waals surface area contributed by atoms with Crippen molar-refractivity contribution in [3.05, 3.63) is 58.5 Å². The van der Waals surface area contributed by atoms with Crippen molar-refractivity contribution in [1.29, 1.82) is 0 Å². The first-order valence-corrected chi connectivity index (χ1v) is 9.17. The summed E-state index contributed by atoms with van der Waals surface area (Å²) in [6.45, 7) is 2.71. The van der Waals surface area contributed by atoms with Crippen molar-refractivity contribution in [2.75, 3.05) is 18.0 Å². The highest BCUT2D eigenvalue weighted by Gasteiger charge is 2.26. The van der Waals surface area contributed by atoms with Gasteiger partial charge < -0.3 is 19.9 Å². The molecule has 1 unspecified atom stereocenters. The molecule has 1 saturated heterocycles. The summed E-state index contributed by atoms with van der Waals surface area (Å²) >= 11 is 0. The lowest BCUT2D eigenvalue weighted by Crippen LogP contribution is -2.36. The van der Waals surface area contributed by atoms with Crippen LogP contribution < -0.4 is 15.6 Å². The van der Waals surface area contributed by atoms with E-state index in [-0.39, 0.29) is 22.9 Å². The van der Waals surface area contributed by atoms with Gasteiger partial charge in [-0.15, -0.1) is 0 Å². The number of carbonyl (C=O) groups excluding carboxylic acids is 1. The Morgan fingerprint density at radius 1 is 1.24 bits per heavy atom. The molecule has 4 rings (SSSR count). The molecule has 9 heteroatoms. The minimum absolute atomic E-state index is 0.0116. The van der Waals surface area contributed by atoms with Gasteiger partial charge in [0.2, 0.25) is 17.3 Å². The summed E-state index contributed by atoms with van der Waals surface area (Å²) in [5.74, 6) is -0.962. The first kappa shape index (κ1) is 18.6. The lowest BCUT2D eigenvalue weighted by molar-refractivity contribution is -0.119. The van der Waals surface area contributed by atoms with E-state index in [1.165, 1.54) is 19.3 Å². The van der Waals surface area contributed by atoms with Crippen LogP contribution in [-0.4, -0.2) is 50.6 Å². The molecular weight excluding hydrogens is 374 g/mol. The molecule has 2 N–H and O–H groups in total. The molecule has 1 aliphatic heterocycles. The molecular formula is C20H19N5O4. The minimum atomic E-state index is -1.30. The van der Waals surface area contributed by atoms with Gasteiger partial charge in [0.1, 0.15) is 5.56 Å². The zero-order valence-corrected chi connectivity index (χ0v) is 15.7. The summed E-state index contributed by atoms with van der Waals surface area (Å²) < 4.78 is 1.59. The highest BCUT2D eigenvalue weighted by atomic mass is 16.4. The van der Waals surface area contributed by atoms with E-state index in [9.17, 15) is 19.5 Å². The van der Waals surface area contributed by atoms with E-state index in [1.807, 2.05) is 23.1 Å². The number of aromatic carboxylic acids is 1. The molecule has 0 radical (unpaired) electrons. The van der Waals surface area contributed by atoms with E-state index in [0.717, 1.165) is 6.42 Å². The third kappa shape index (κ3) is 3.54. The number of amides is 1. The van der Waals surface area contributed by atoms with Crippen molar-refractivity contribution in [2.45, 2.75) is 19.4 Å². The number of aromatic nitrogens is 3. The Hall–Kier alpha value is -3.75. The van der Waals surface area contributed by atoms with Crippen LogP contribution in [0.3, 0.4) is 0 Å². The number of benzene rings is 1. The molecule has 0 saturated carbocycles. The Bertz CT molecular complexity index is 1160. The highest BCUT2D eigenvalue weighted by Crippen LogP contribution is 2.21. The van der Waals surface area contributed by atoms with Gasteiger partial charge in [-0.1, -0.05) is 18.2 Å². The summed E-state index contributed by atoms with van der Waals surface area (Å²) in [5, 5.41) is 12.5. The van der Waals surface area contributed by atoms with Gasteiger partial charge in [0.15, 0.2) is 5.65 Å². The highest BCUT2D eigenvalue weighted by molar-refractivity contribution is 5.92. The molecule has 3 aromatic rings. The van der Waals surface area contributed by atoms with E-state index in [0.29, 0.717) is 30.4 Å². The summed E-state index contributed by atoms with van der Waals surface area (Å²) in [6.07, 6.45) is 3.44. The normalized spacial score (nSPS) is 16.2. The van der Waals surface area contributed by atoms with Crippen molar-refractivity contribution in [1.82, 2.24) is 19.9 Å². The van der Waals surface area contributed by atoms with Gasteiger partial charge in [-0.2, -0.15) is 4.98 Å². The van der Waals surface area contributed by atoms with Gasteiger partial charge in [0.25, 0.3) is 0 Å². The monoisotopic (exact) mass is 393 g/mol. The number of para-hydroxylation sites is 1. The predicted octanol–water partition coefficient (Wildman–Crippen LogP) is 1.19. The van der Waals surface area contributed by atoms with Gasteiger partial charge in [0.05, 0.1) is 5.39 Å².